The molecule has 0 heteroatoms. The van der Waals surface area contributed by atoms with Crippen molar-refractivity contribution < 1.29 is 0 Å². The lowest BCUT2D eigenvalue weighted by atomic mass is 9.88. The van der Waals surface area contributed by atoms with E-state index in [1.54, 1.807) is 0 Å². The van der Waals surface area contributed by atoms with Crippen LogP contribution in [0.4, 0.5) is 0 Å². The average molecular weight is 282 g/mol. The Morgan fingerprint density at radius 3 is 2.68 bits per heavy atom. The molecule has 0 bridgehead atoms. The van der Waals surface area contributed by atoms with Gasteiger partial charge in [-0.2, -0.15) is 0 Å². The molecule has 0 unspecified atom stereocenters. The number of fused-ring (bicyclic) bond motifs is 2. The summed E-state index contributed by atoms with van der Waals surface area (Å²) in [6, 6.07) is 19.8. The summed E-state index contributed by atoms with van der Waals surface area (Å²) in [5.41, 5.74) is 6.78. The Balaban J connectivity index is 2.07. The van der Waals surface area contributed by atoms with Crippen molar-refractivity contribution >= 4 is 16.8 Å². The Morgan fingerprint density at radius 2 is 1.73 bits per heavy atom. The molecule has 1 aliphatic carbocycles. The number of rotatable bonds is 1. The first kappa shape index (κ1) is 13.1. The van der Waals surface area contributed by atoms with Gasteiger partial charge in [-0.1, -0.05) is 78.9 Å². The van der Waals surface area contributed by atoms with Crippen LogP contribution in [-0.4, -0.2) is 0 Å². The Kier molecular flexibility index (Phi) is 3.16. The molecule has 4 rings (SSSR count). The van der Waals surface area contributed by atoms with Crippen LogP contribution in [0.3, 0.4) is 0 Å². The Bertz CT molecular complexity index is 910. The second-order valence-electron chi connectivity index (χ2n) is 5.85. The highest BCUT2D eigenvalue weighted by Crippen LogP contribution is 2.36. The standard InChI is InChI=1S/C22H18/c1-16-14-15-18-9-5-6-12-20(18)22(16)21-13-7-10-17-8-3-2-4-11-19(17)21/h2-7,9-15H,8H2,1H3. The first-order valence-electron chi connectivity index (χ1n) is 7.78. The zero-order valence-electron chi connectivity index (χ0n) is 12.7. The topological polar surface area (TPSA) is 0 Å². The molecule has 0 spiro atoms. The second-order valence-corrected chi connectivity index (χ2v) is 5.85. The summed E-state index contributed by atoms with van der Waals surface area (Å²) in [5.74, 6) is 0. The van der Waals surface area contributed by atoms with Crippen LogP contribution < -0.4 is 0 Å². The summed E-state index contributed by atoms with van der Waals surface area (Å²) >= 11 is 0. The van der Waals surface area contributed by atoms with Crippen molar-refractivity contribution in [1.29, 1.82) is 0 Å². The van der Waals surface area contributed by atoms with Gasteiger partial charge in [0.05, 0.1) is 0 Å². The molecule has 0 fully saturated rings. The highest BCUT2D eigenvalue weighted by molar-refractivity contribution is 6.00. The normalized spacial score (nSPS) is 13.1. The average Bonchev–Trinajstić information content (AvgIpc) is 2.80. The number of hydrogen-bond donors (Lipinski definition) is 0. The smallest absolute Gasteiger partial charge is 0.00700 e. The molecular weight excluding hydrogens is 264 g/mol. The summed E-state index contributed by atoms with van der Waals surface area (Å²) < 4.78 is 0. The van der Waals surface area contributed by atoms with E-state index in [4.69, 9.17) is 0 Å². The van der Waals surface area contributed by atoms with Crippen LogP contribution in [0, 0.1) is 6.92 Å². The van der Waals surface area contributed by atoms with Crippen molar-refractivity contribution in [2.75, 3.05) is 0 Å². The zero-order chi connectivity index (χ0) is 14.9. The molecule has 0 amide bonds. The fourth-order valence-electron chi connectivity index (χ4n) is 3.37. The van der Waals surface area contributed by atoms with Gasteiger partial charge in [0.25, 0.3) is 0 Å². The lowest BCUT2D eigenvalue weighted by molar-refractivity contribution is 1.26. The van der Waals surface area contributed by atoms with Gasteiger partial charge in [-0.3, -0.25) is 0 Å². The molecule has 0 aliphatic heterocycles. The lowest BCUT2D eigenvalue weighted by Gasteiger charge is -2.15. The Hall–Kier alpha value is -2.60. The van der Waals surface area contributed by atoms with E-state index in [1.807, 2.05) is 0 Å². The minimum atomic E-state index is 1.000. The summed E-state index contributed by atoms with van der Waals surface area (Å²) in [6.07, 6.45) is 9.76. The Labute approximate surface area is 131 Å². The van der Waals surface area contributed by atoms with Crippen molar-refractivity contribution in [3.05, 3.63) is 89.5 Å². The molecule has 0 saturated carbocycles. The summed E-state index contributed by atoms with van der Waals surface area (Å²) in [7, 11) is 0. The van der Waals surface area contributed by atoms with E-state index in [1.165, 1.54) is 38.6 Å². The molecule has 0 nitrogen and oxygen atoms in total. The molecule has 3 aromatic carbocycles. The maximum absolute atomic E-state index is 2.25. The zero-order valence-corrected chi connectivity index (χ0v) is 12.7. The minimum Gasteiger partial charge on any atom is -0.0801 e. The van der Waals surface area contributed by atoms with Crippen molar-refractivity contribution in [3.8, 4) is 11.1 Å². The molecule has 1 aliphatic rings. The van der Waals surface area contributed by atoms with Crippen LogP contribution in [0.5, 0.6) is 0 Å². The van der Waals surface area contributed by atoms with Crippen LogP contribution in [0.25, 0.3) is 28.0 Å². The molecule has 0 N–H and O–H groups in total. The summed E-state index contributed by atoms with van der Waals surface area (Å²) in [6.45, 7) is 2.21. The molecule has 0 heterocycles. The van der Waals surface area contributed by atoms with E-state index in [9.17, 15) is 0 Å². The van der Waals surface area contributed by atoms with Crippen molar-refractivity contribution in [3.63, 3.8) is 0 Å². The van der Waals surface area contributed by atoms with Crippen LogP contribution in [0.15, 0.2) is 72.8 Å². The predicted molar refractivity (Wildman–Crippen MR) is 96.0 cm³/mol. The van der Waals surface area contributed by atoms with Crippen LogP contribution in [-0.2, 0) is 6.42 Å². The third kappa shape index (κ3) is 2.08. The SMILES string of the molecule is Cc1ccc2ccccc2c1-c1cccc2c1C=CC=CC2. The maximum Gasteiger partial charge on any atom is -0.00700 e. The van der Waals surface area contributed by atoms with Gasteiger partial charge in [0.15, 0.2) is 0 Å². The molecule has 106 valence electrons. The van der Waals surface area contributed by atoms with Gasteiger partial charge in [-0.15, -0.1) is 0 Å². The fourth-order valence-corrected chi connectivity index (χ4v) is 3.37. The molecule has 22 heavy (non-hydrogen) atoms. The molecule has 0 radical (unpaired) electrons. The van der Waals surface area contributed by atoms with Gasteiger partial charge in [-0.25, -0.2) is 0 Å². The van der Waals surface area contributed by atoms with Crippen molar-refractivity contribution in [2.45, 2.75) is 13.3 Å². The van der Waals surface area contributed by atoms with Crippen LogP contribution in [0.1, 0.15) is 16.7 Å². The third-order valence-corrected chi connectivity index (χ3v) is 4.45. The van der Waals surface area contributed by atoms with E-state index in [-0.39, 0.29) is 0 Å². The summed E-state index contributed by atoms with van der Waals surface area (Å²) in [5, 5.41) is 2.64. The molecule has 0 saturated heterocycles. The first-order valence-corrected chi connectivity index (χ1v) is 7.78. The summed E-state index contributed by atoms with van der Waals surface area (Å²) in [4.78, 5) is 0. The van der Waals surface area contributed by atoms with Gasteiger partial charge >= 0.3 is 0 Å². The van der Waals surface area contributed by atoms with E-state index in [0.717, 1.165) is 6.42 Å². The number of allylic oxidation sites excluding steroid dienone is 3. The van der Waals surface area contributed by atoms with E-state index >= 15 is 0 Å². The van der Waals surface area contributed by atoms with Gasteiger partial charge in [0.2, 0.25) is 0 Å². The van der Waals surface area contributed by atoms with Crippen molar-refractivity contribution in [2.24, 2.45) is 0 Å². The molecule has 3 aromatic rings. The van der Waals surface area contributed by atoms with Gasteiger partial charge in [-0.05, 0) is 51.9 Å². The Morgan fingerprint density at radius 1 is 0.818 bits per heavy atom. The van der Waals surface area contributed by atoms with E-state index in [2.05, 4.69) is 85.8 Å². The van der Waals surface area contributed by atoms with Gasteiger partial charge in [0, 0.05) is 0 Å². The maximum atomic E-state index is 2.25. The van der Waals surface area contributed by atoms with Gasteiger partial charge < -0.3 is 0 Å². The largest absolute Gasteiger partial charge is 0.0801 e. The number of aryl methyl sites for hydroxylation is 1. The van der Waals surface area contributed by atoms with E-state index < -0.39 is 0 Å². The minimum absolute atomic E-state index is 1.000. The number of hydrogen-bond acceptors (Lipinski definition) is 0. The highest BCUT2D eigenvalue weighted by atomic mass is 14.2. The highest BCUT2D eigenvalue weighted by Gasteiger charge is 2.13. The quantitative estimate of drug-likeness (QED) is 0.518. The number of benzene rings is 3. The predicted octanol–water partition coefficient (Wildman–Crippen LogP) is 5.94. The van der Waals surface area contributed by atoms with Gasteiger partial charge in [0.1, 0.15) is 0 Å². The van der Waals surface area contributed by atoms with Crippen LogP contribution in [0.2, 0.25) is 0 Å². The molecule has 0 aromatic heterocycles. The van der Waals surface area contributed by atoms with Crippen LogP contribution >= 0.6 is 0 Å². The second kappa shape index (κ2) is 5.31. The first-order chi connectivity index (χ1) is 10.8. The third-order valence-electron chi connectivity index (χ3n) is 4.45. The molecule has 0 atom stereocenters. The monoisotopic (exact) mass is 282 g/mol. The van der Waals surface area contributed by atoms with E-state index in [0.29, 0.717) is 0 Å². The fraction of sp³-hybridized carbons (Fsp3) is 0.0909. The molecular formula is C22H18. The van der Waals surface area contributed by atoms with Crippen molar-refractivity contribution in [1.82, 2.24) is 0 Å². The lowest BCUT2D eigenvalue weighted by Crippen LogP contribution is -1.93.